The number of carbonyl (C=O) groups excluding carboxylic acids is 2. The van der Waals surface area contributed by atoms with E-state index in [4.69, 9.17) is 4.74 Å². The third kappa shape index (κ3) is 2.35. The highest BCUT2D eigenvalue weighted by molar-refractivity contribution is 6.27. The molecule has 0 amide bonds. The lowest BCUT2D eigenvalue weighted by Gasteiger charge is -2.50. The number of aliphatic hydroxyl groups is 3. The summed E-state index contributed by atoms with van der Waals surface area (Å²) in [6.45, 7) is 2.74. The largest absolute Gasteiger partial charge is 0.508 e. The van der Waals surface area contributed by atoms with Crippen LogP contribution in [0.25, 0.3) is 0 Å². The molecule has 1 heterocycles. The number of ketones is 2. The van der Waals surface area contributed by atoms with Crippen LogP contribution in [-0.2, 0) is 4.74 Å². The number of phenolic OH excluding ortho intramolecular Hbond substituents is 2. The highest BCUT2D eigenvalue weighted by Crippen LogP contribution is 2.51. The minimum absolute atomic E-state index is 0.0243. The van der Waals surface area contributed by atoms with Crippen molar-refractivity contribution >= 4 is 11.6 Å². The summed E-state index contributed by atoms with van der Waals surface area (Å²) >= 11 is 0. The van der Waals surface area contributed by atoms with E-state index in [1.165, 1.54) is 6.08 Å². The van der Waals surface area contributed by atoms with Gasteiger partial charge < -0.3 is 30.3 Å². The second-order valence-electron chi connectivity index (χ2n) is 7.88. The van der Waals surface area contributed by atoms with Gasteiger partial charge in [-0.15, -0.1) is 0 Å². The first-order valence-electron chi connectivity index (χ1n) is 8.84. The van der Waals surface area contributed by atoms with Crippen molar-refractivity contribution in [1.29, 1.82) is 0 Å². The molecule has 3 aliphatic rings. The van der Waals surface area contributed by atoms with E-state index in [-0.39, 0.29) is 33.8 Å². The van der Waals surface area contributed by atoms with Gasteiger partial charge in [-0.1, -0.05) is 6.08 Å². The Morgan fingerprint density at radius 1 is 1.11 bits per heavy atom. The quantitative estimate of drug-likeness (QED) is 0.436. The molecule has 0 fully saturated rings. The van der Waals surface area contributed by atoms with E-state index in [0.717, 1.165) is 12.1 Å². The van der Waals surface area contributed by atoms with Gasteiger partial charge in [0.05, 0.1) is 23.8 Å². The zero-order valence-corrected chi connectivity index (χ0v) is 15.2. The molecule has 28 heavy (non-hydrogen) atoms. The molecule has 0 radical (unpaired) electrons. The number of phenols is 2. The van der Waals surface area contributed by atoms with Crippen molar-refractivity contribution in [2.75, 3.05) is 6.61 Å². The molecule has 148 valence electrons. The molecule has 0 unspecified atom stereocenters. The Labute approximate surface area is 160 Å². The lowest BCUT2D eigenvalue weighted by atomic mass is 9.63. The number of Topliss-reactive ketones (excluding diaryl/α,β-unsaturated/α-hetero) is 2. The first-order valence-corrected chi connectivity index (χ1v) is 8.84. The van der Waals surface area contributed by atoms with Crippen LogP contribution in [0.15, 0.2) is 35.1 Å². The molecule has 4 atom stereocenters. The number of aliphatic hydroxyl groups excluding tert-OH is 3. The van der Waals surface area contributed by atoms with Gasteiger partial charge in [0.2, 0.25) is 5.78 Å². The predicted octanol–water partition coefficient (Wildman–Crippen LogP) is 0.426. The maximum atomic E-state index is 13.2. The third-order valence-electron chi connectivity index (χ3n) is 5.81. The maximum Gasteiger partial charge on any atom is 0.232 e. The zero-order chi connectivity index (χ0) is 20.5. The van der Waals surface area contributed by atoms with Crippen LogP contribution >= 0.6 is 0 Å². The van der Waals surface area contributed by atoms with Crippen LogP contribution in [0.4, 0.5) is 0 Å². The van der Waals surface area contributed by atoms with Crippen molar-refractivity contribution in [2.45, 2.75) is 31.7 Å². The first kappa shape index (κ1) is 18.7. The molecular formula is C20H20O8. The molecule has 8 nitrogen and oxygen atoms in total. The van der Waals surface area contributed by atoms with Crippen LogP contribution < -0.4 is 0 Å². The van der Waals surface area contributed by atoms with Crippen LogP contribution in [0.5, 0.6) is 11.5 Å². The maximum absolute atomic E-state index is 13.2. The summed E-state index contributed by atoms with van der Waals surface area (Å²) in [4.78, 5) is 26.2. The molecule has 1 aromatic carbocycles. The Hall–Kier alpha value is -2.68. The summed E-state index contributed by atoms with van der Waals surface area (Å²) in [6.07, 6.45) is -1.17. The van der Waals surface area contributed by atoms with Crippen LogP contribution in [0.2, 0.25) is 0 Å². The first-order chi connectivity index (χ1) is 13.1. The molecule has 0 aromatic heterocycles. The molecule has 0 bridgehead atoms. The molecule has 5 N–H and O–H groups in total. The van der Waals surface area contributed by atoms with Crippen LogP contribution in [-0.4, -0.2) is 61.5 Å². The van der Waals surface area contributed by atoms with Crippen molar-refractivity contribution in [3.8, 4) is 11.5 Å². The Balaban J connectivity index is 1.98. The van der Waals surface area contributed by atoms with Gasteiger partial charge in [-0.05, 0) is 25.5 Å². The monoisotopic (exact) mass is 388 g/mol. The number of fused-ring (bicyclic) bond motifs is 3. The SMILES string of the molecule is CC1(C)OC2=C(C(=O)c3cc(O)cc(O)c3C2=O)[C@H]2C=C(CO)[C@@H](O)[C@H](O)[C@@H]21. The van der Waals surface area contributed by atoms with Crippen LogP contribution in [0.3, 0.4) is 0 Å². The number of aromatic hydroxyl groups is 2. The number of hydrogen-bond acceptors (Lipinski definition) is 8. The summed E-state index contributed by atoms with van der Waals surface area (Å²) in [5, 5.41) is 50.3. The van der Waals surface area contributed by atoms with E-state index in [2.05, 4.69) is 0 Å². The van der Waals surface area contributed by atoms with E-state index in [0.29, 0.717) is 0 Å². The predicted molar refractivity (Wildman–Crippen MR) is 94.8 cm³/mol. The van der Waals surface area contributed by atoms with Gasteiger partial charge in [-0.3, -0.25) is 9.59 Å². The smallest absolute Gasteiger partial charge is 0.232 e. The second kappa shape index (κ2) is 5.91. The Morgan fingerprint density at radius 3 is 2.43 bits per heavy atom. The number of ether oxygens (including phenoxy) is 1. The summed E-state index contributed by atoms with van der Waals surface area (Å²) in [7, 11) is 0. The summed E-state index contributed by atoms with van der Waals surface area (Å²) < 4.78 is 5.83. The average molecular weight is 388 g/mol. The lowest BCUT2D eigenvalue weighted by Crippen LogP contribution is -2.57. The van der Waals surface area contributed by atoms with Gasteiger partial charge in [0.1, 0.15) is 23.2 Å². The highest BCUT2D eigenvalue weighted by Gasteiger charge is 2.56. The fraction of sp³-hybridized carbons (Fsp3) is 0.400. The average Bonchev–Trinajstić information content (AvgIpc) is 2.60. The molecule has 8 heteroatoms. The normalized spacial score (nSPS) is 30.8. The van der Waals surface area contributed by atoms with E-state index in [1.807, 2.05) is 0 Å². The standard InChI is InChI=1S/C20H20O8/c1-20(2)14-9(3-7(6-21)15(24)18(14)27)13-16(25)10-4-8(22)5-11(23)12(10)17(26)19(13)28-20/h3-5,9,14-15,18,21-24,27H,6H2,1-2H3/t9-,14-,15-,18-/m1/s1. The summed E-state index contributed by atoms with van der Waals surface area (Å²) in [5.41, 5.74) is -1.42. The van der Waals surface area contributed by atoms with Crippen molar-refractivity contribution in [1.82, 2.24) is 0 Å². The second-order valence-corrected chi connectivity index (χ2v) is 7.88. The van der Waals surface area contributed by atoms with Crippen molar-refractivity contribution in [3.63, 3.8) is 0 Å². The van der Waals surface area contributed by atoms with Gasteiger partial charge in [0, 0.05) is 23.5 Å². The molecule has 0 saturated heterocycles. The minimum atomic E-state index is -1.33. The molecule has 0 spiro atoms. The fourth-order valence-electron chi connectivity index (χ4n) is 4.56. The summed E-state index contributed by atoms with van der Waals surface area (Å²) in [5.74, 6) is -4.03. The zero-order valence-electron chi connectivity index (χ0n) is 15.2. The Morgan fingerprint density at radius 2 is 1.79 bits per heavy atom. The number of hydrogen-bond donors (Lipinski definition) is 5. The van der Waals surface area contributed by atoms with Crippen molar-refractivity contribution in [3.05, 3.63) is 46.2 Å². The molecular weight excluding hydrogens is 368 g/mol. The number of allylic oxidation sites excluding steroid dienone is 3. The van der Waals surface area contributed by atoms with Crippen molar-refractivity contribution < 1.29 is 39.9 Å². The fourth-order valence-corrected chi connectivity index (χ4v) is 4.56. The lowest BCUT2D eigenvalue weighted by molar-refractivity contribution is -0.124. The minimum Gasteiger partial charge on any atom is -0.508 e. The molecule has 2 aliphatic carbocycles. The van der Waals surface area contributed by atoms with E-state index >= 15 is 0 Å². The third-order valence-corrected chi connectivity index (χ3v) is 5.81. The van der Waals surface area contributed by atoms with E-state index < -0.39 is 53.6 Å². The Bertz CT molecular complexity index is 971. The summed E-state index contributed by atoms with van der Waals surface area (Å²) in [6, 6.07) is 2.06. The van der Waals surface area contributed by atoms with E-state index in [9.17, 15) is 35.1 Å². The molecule has 1 aliphatic heterocycles. The van der Waals surface area contributed by atoms with Gasteiger partial charge >= 0.3 is 0 Å². The number of benzene rings is 1. The molecule has 4 rings (SSSR count). The van der Waals surface area contributed by atoms with Crippen molar-refractivity contribution in [2.24, 2.45) is 11.8 Å². The van der Waals surface area contributed by atoms with Gasteiger partial charge in [0.25, 0.3) is 0 Å². The molecule has 0 saturated carbocycles. The number of carbonyl (C=O) groups is 2. The van der Waals surface area contributed by atoms with Gasteiger partial charge in [0.15, 0.2) is 11.5 Å². The number of rotatable bonds is 1. The van der Waals surface area contributed by atoms with Gasteiger partial charge in [-0.25, -0.2) is 0 Å². The van der Waals surface area contributed by atoms with Crippen LogP contribution in [0.1, 0.15) is 34.6 Å². The van der Waals surface area contributed by atoms with Crippen LogP contribution in [0, 0.1) is 11.8 Å². The van der Waals surface area contributed by atoms with E-state index in [1.54, 1.807) is 13.8 Å². The molecule has 1 aromatic rings. The Kier molecular flexibility index (Phi) is 3.94. The van der Waals surface area contributed by atoms with Gasteiger partial charge in [-0.2, -0.15) is 0 Å². The highest BCUT2D eigenvalue weighted by atomic mass is 16.5. The topological polar surface area (TPSA) is 145 Å².